The third kappa shape index (κ3) is 4.07. The first-order valence-corrected chi connectivity index (χ1v) is 7.82. The molecule has 1 aromatic heterocycles. The van der Waals surface area contributed by atoms with E-state index in [-0.39, 0.29) is 18.6 Å². The largest absolute Gasteiger partial charge is 0.384 e. The molecule has 1 amide bonds. The van der Waals surface area contributed by atoms with Crippen LogP contribution in [0.1, 0.15) is 35.0 Å². The normalized spacial score (nSPS) is 19.2. The van der Waals surface area contributed by atoms with Crippen molar-refractivity contribution in [2.24, 2.45) is 0 Å². The highest BCUT2D eigenvalue weighted by Gasteiger charge is 2.21. The van der Waals surface area contributed by atoms with Gasteiger partial charge in [0.1, 0.15) is 6.61 Å². The van der Waals surface area contributed by atoms with Crippen LogP contribution in [0.3, 0.4) is 0 Å². The molecule has 108 valence electrons. The quantitative estimate of drug-likeness (QED) is 0.826. The van der Waals surface area contributed by atoms with E-state index in [1.807, 2.05) is 5.38 Å². The van der Waals surface area contributed by atoms with Gasteiger partial charge in [0.25, 0.3) is 5.91 Å². The first-order chi connectivity index (χ1) is 9.72. The third-order valence-corrected chi connectivity index (χ3v) is 4.29. The monoisotopic (exact) mass is 292 g/mol. The van der Waals surface area contributed by atoms with Crippen LogP contribution in [0.5, 0.6) is 0 Å². The van der Waals surface area contributed by atoms with Gasteiger partial charge < -0.3 is 15.3 Å². The number of aliphatic hydroxyl groups excluding tert-OH is 1. The van der Waals surface area contributed by atoms with Gasteiger partial charge in [-0.3, -0.25) is 4.79 Å². The molecule has 20 heavy (non-hydrogen) atoms. The van der Waals surface area contributed by atoms with E-state index in [4.69, 9.17) is 5.11 Å². The summed E-state index contributed by atoms with van der Waals surface area (Å²) in [7, 11) is 0. The van der Waals surface area contributed by atoms with Crippen LogP contribution in [0.2, 0.25) is 0 Å². The molecule has 1 saturated heterocycles. The van der Waals surface area contributed by atoms with Gasteiger partial charge in [-0.2, -0.15) is 0 Å². The summed E-state index contributed by atoms with van der Waals surface area (Å²) in [5, 5.41) is 13.6. The molecule has 1 unspecified atom stereocenters. The van der Waals surface area contributed by atoms with Crippen LogP contribution < -0.4 is 5.32 Å². The number of nitrogens with zero attached hydrogens (tertiary/aromatic N) is 1. The molecular formula is C15H20N2O2S. The van der Waals surface area contributed by atoms with Gasteiger partial charge in [-0.1, -0.05) is 18.8 Å². The Kier molecular flexibility index (Phi) is 5.60. The second-order valence-electron chi connectivity index (χ2n) is 4.87. The Hall–Kier alpha value is -1.35. The van der Waals surface area contributed by atoms with Gasteiger partial charge in [0.05, 0.1) is 10.4 Å². The van der Waals surface area contributed by atoms with Crippen LogP contribution in [-0.4, -0.2) is 48.2 Å². The Morgan fingerprint density at radius 3 is 3.25 bits per heavy atom. The first-order valence-electron chi connectivity index (χ1n) is 6.94. The number of hydrogen-bond acceptors (Lipinski definition) is 4. The van der Waals surface area contributed by atoms with E-state index in [1.54, 1.807) is 6.07 Å². The molecule has 0 saturated carbocycles. The molecule has 5 heteroatoms. The number of nitrogens with one attached hydrogen (secondary N) is 1. The van der Waals surface area contributed by atoms with E-state index in [1.165, 1.54) is 11.3 Å². The van der Waals surface area contributed by atoms with Crippen LogP contribution in [-0.2, 0) is 0 Å². The Morgan fingerprint density at radius 2 is 2.50 bits per heavy atom. The van der Waals surface area contributed by atoms with Crippen molar-refractivity contribution in [1.82, 2.24) is 10.2 Å². The second-order valence-corrected chi connectivity index (χ2v) is 5.78. The topological polar surface area (TPSA) is 52.6 Å². The summed E-state index contributed by atoms with van der Waals surface area (Å²) in [4.78, 5) is 15.3. The van der Waals surface area contributed by atoms with E-state index in [2.05, 4.69) is 29.0 Å². The number of hydrogen-bond donors (Lipinski definition) is 2. The summed E-state index contributed by atoms with van der Waals surface area (Å²) >= 11 is 1.43. The maximum atomic E-state index is 12.2. The second kappa shape index (κ2) is 7.44. The van der Waals surface area contributed by atoms with Gasteiger partial charge in [0, 0.05) is 18.0 Å². The first kappa shape index (κ1) is 15.0. The molecule has 2 heterocycles. The van der Waals surface area contributed by atoms with Crippen LogP contribution in [0.15, 0.2) is 11.4 Å². The zero-order chi connectivity index (χ0) is 14.4. The lowest BCUT2D eigenvalue weighted by molar-refractivity contribution is 0.0906. The molecular weight excluding hydrogens is 272 g/mol. The molecule has 0 aromatic carbocycles. The van der Waals surface area contributed by atoms with Gasteiger partial charge >= 0.3 is 0 Å². The van der Waals surface area contributed by atoms with Crippen molar-refractivity contribution in [3.8, 4) is 11.8 Å². The van der Waals surface area contributed by atoms with E-state index >= 15 is 0 Å². The standard InChI is InChI=1S/C15H20N2O2S/c1-2-17-7-3-5-13(10-17)16-15(19)12-9-14(20-11-12)6-4-8-18/h9,11,13,18H,2-3,5,7-8,10H2,1H3,(H,16,19). The SMILES string of the molecule is CCN1CCCC(NC(=O)c2csc(C#CCO)c2)C1. The van der Waals surface area contributed by atoms with Crippen LogP contribution in [0.25, 0.3) is 0 Å². The van der Waals surface area contributed by atoms with Gasteiger partial charge in [-0.25, -0.2) is 0 Å². The fourth-order valence-corrected chi connectivity index (χ4v) is 3.13. The summed E-state index contributed by atoms with van der Waals surface area (Å²) in [5.41, 5.74) is 0.658. The maximum absolute atomic E-state index is 12.2. The Labute approximate surface area is 123 Å². The van der Waals surface area contributed by atoms with Gasteiger partial charge in [0.15, 0.2) is 0 Å². The lowest BCUT2D eigenvalue weighted by atomic mass is 10.1. The zero-order valence-electron chi connectivity index (χ0n) is 11.7. The zero-order valence-corrected chi connectivity index (χ0v) is 12.5. The predicted molar refractivity (Wildman–Crippen MR) is 80.9 cm³/mol. The summed E-state index contributed by atoms with van der Waals surface area (Å²) in [6.45, 7) is 5.08. The molecule has 1 fully saturated rings. The fraction of sp³-hybridized carbons (Fsp3) is 0.533. The highest BCUT2D eigenvalue weighted by Crippen LogP contribution is 2.15. The number of carbonyl (C=O) groups excluding carboxylic acids is 1. The average molecular weight is 292 g/mol. The highest BCUT2D eigenvalue weighted by molar-refractivity contribution is 7.10. The minimum Gasteiger partial charge on any atom is -0.384 e. The van der Waals surface area contributed by atoms with Crippen molar-refractivity contribution in [1.29, 1.82) is 0 Å². The molecule has 1 aromatic rings. The molecule has 2 N–H and O–H groups in total. The molecule has 0 spiro atoms. The number of aliphatic hydroxyl groups is 1. The Morgan fingerprint density at radius 1 is 1.65 bits per heavy atom. The number of likely N-dealkylation sites (N-methyl/N-ethyl adjacent to an activating group) is 1. The van der Waals surface area contributed by atoms with Crippen molar-refractivity contribution >= 4 is 17.2 Å². The number of piperidine rings is 1. The molecule has 1 atom stereocenters. The van der Waals surface area contributed by atoms with Crippen LogP contribution in [0, 0.1) is 11.8 Å². The van der Waals surface area contributed by atoms with Gasteiger partial charge in [0.2, 0.25) is 0 Å². The Bertz CT molecular complexity index is 515. The fourth-order valence-electron chi connectivity index (χ4n) is 2.38. The molecule has 1 aliphatic rings. The summed E-state index contributed by atoms with van der Waals surface area (Å²) in [5.74, 6) is 5.38. The number of carbonyl (C=O) groups is 1. The van der Waals surface area contributed by atoms with Gasteiger partial charge in [-0.15, -0.1) is 11.3 Å². The number of thiophene rings is 1. The lowest BCUT2D eigenvalue weighted by Gasteiger charge is -2.32. The molecule has 2 rings (SSSR count). The van der Waals surface area contributed by atoms with E-state index in [9.17, 15) is 4.79 Å². The minimum absolute atomic E-state index is 0.0266. The van der Waals surface area contributed by atoms with Crippen LogP contribution >= 0.6 is 11.3 Å². The molecule has 0 aliphatic carbocycles. The van der Waals surface area contributed by atoms with Crippen molar-refractivity contribution < 1.29 is 9.90 Å². The highest BCUT2D eigenvalue weighted by atomic mass is 32.1. The molecule has 0 radical (unpaired) electrons. The van der Waals surface area contributed by atoms with Crippen molar-refractivity contribution in [2.45, 2.75) is 25.8 Å². The van der Waals surface area contributed by atoms with Crippen molar-refractivity contribution in [2.75, 3.05) is 26.2 Å². The predicted octanol–water partition coefficient (Wildman–Crippen LogP) is 1.31. The number of likely N-dealkylation sites (tertiary alicyclic amines) is 1. The average Bonchev–Trinajstić information content (AvgIpc) is 2.94. The Balaban J connectivity index is 1.92. The summed E-state index contributed by atoms with van der Waals surface area (Å²) in [6.07, 6.45) is 2.18. The van der Waals surface area contributed by atoms with E-state index < -0.39 is 0 Å². The number of amides is 1. The van der Waals surface area contributed by atoms with E-state index in [0.29, 0.717) is 5.56 Å². The van der Waals surface area contributed by atoms with Gasteiger partial charge in [-0.05, 0) is 32.0 Å². The third-order valence-electron chi connectivity index (χ3n) is 3.44. The van der Waals surface area contributed by atoms with Crippen LogP contribution in [0.4, 0.5) is 0 Å². The summed E-state index contributed by atoms with van der Waals surface area (Å²) < 4.78 is 0. The smallest absolute Gasteiger partial charge is 0.252 e. The number of rotatable bonds is 3. The molecule has 4 nitrogen and oxygen atoms in total. The lowest BCUT2D eigenvalue weighted by Crippen LogP contribution is -2.47. The minimum atomic E-state index is -0.158. The molecule has 0 bridgehead atoms. The van der Waals surface area contributed by atoms with E-state index in [0.717, 1.165) is 37.4 Å². The van der Waals surface area contributed by atoms with Crippen molar-refractivity contribution in [3.63, 3.8) is 0 Å². The molecule has 1 aliphatic heterocycles. The maximum Gasteiger partial charge on any atom is 0.252 e. The summed E-state index contributed by atoms with van der Waals surface area (Å²) in [6, 6.07) is 2.02. The van der Waals surface area contributed by atoms with Crippen molar-refractivity contribution in [3.05, 3.63) is 21.9 Å².